The van der Waals surface area contributed by atoms with E-state index in [1.807, 2.05) is 24.3 Å². The molecule has 0 aromatic heterocycles. The molecule has 3 nitrogen and oxygen atoms in total. The van der Waals surface area contributed by atoms with Crippen LogP contribution in [-0.4, -0.2) is 37.2 Å². The van der Waals surface area contributed by atoms with E-state index in [0.29, 0.717) is 6.04 Å². The van der Waals surface area contributed by atoms with Gasteiger partial charge in [-0.1, -0.05) is 11.6 Å². The summed E-state index contributed by atoms with van der Waals surface area (Å²) in [4.78, 5) is 2.40. The molecule has 0 spiro atoms. The molecule has 1 aromatic carbocycles. The molecule has 2 rings (SSSR count). The molecule has 0 amide bonds. The van der Waals surface area contributed by atoms with Gasteiger partial charge < -0.3 is 15.4 Å². The first kappa shape index (κ1) is 12.7. The molecular formula is C13H19ClN2O. The van der Waals surface area contributed by atoms with E-state index in [4.69, 9.17) is 22.1 Å². The van der Waals surface area contributed by atoms with E-state index in [0.717, 1.165) is 49.9 Å². The summed E-state index contributed by atoms with van der Waals surface area (Å²) in [6, 6.07) is 7.85. The number of hydrogen-bond acceptors (Lipinski definition) is 3. The molecule has 0 unspecified atom stereocenters. The van der Waals surface area contributed by atoms with Gasteiger partial charge in [0.1, 0.15) is 5.75 Å². The number of rotatable bonds is 5. The number of ether oxygens (including phenoxy) is 1. The average molecular weight is 255 g/mol. The summed E-state index contributed by atoms with van der Waals surface area (Å²) in [7, 11) is 0. The fourth-order valence-electron chi connectivity index (χ4n) is 2.07. The van der Waals surface area contributed by atoms with Gasteiger partial charge in [-0.3, -0.25) is 0 Å². The van der Waals surface area contributed by atoms with Gasteiger partial charge in [-0.15, -0.1) is 0 Å². The quantitative estimate of drug-likeness (QED) is 0.819. The lowest BCUT2D eigenvalue weighted by atomic mass is 10.3. The minimum atomic E-state index is 0.368. The molecule has 1 saturated heterocycles. The van der Waals surface area contributed by atoms with Crippen molar-refractivity contribution in [2.75, 3.05) is 26.2 Å². The second-order valence-corrected chi connectivity index (χ2v) is 4.94. The molecule has 4 heteroatoms. The van der Waals surface area contributed by atoms with Crippen molar-refractivity contribution in [3.8, 4) is 5.75 Å². The fourth-order valence-corrected chi connectivity index (χ4v) is 2.20. The number of likely N-dealkylation sites (tertiary alicyclic amines) is 1. The molecule has 1 aromatic rings. The molecule has 17 heavy (non-hydrogen) atoms. The second kappa shape index (κ2) is 6.24. The summed E-state index contributed by atoms with van der Waals surface area (Å²) in [6.45, 7) is 3.97. The largest absolute Gasteiger partial charge is 0.494 e. The topological polar surface area (TPSA) is 38.5 Å². The normalized spacial score (nSPS) is 20.7. The van der Waals surface area contributed by atoms with Crippen LogP contribution in [-0.2, 0) is 0 Å². The van der Waals surface area contributed by atoms with Gasteiger partial charge >= 0.3 is 0 Å². The van der Waals surface area contributed by atoms with E-state index in [2.05, 4.69) is 4.90 Å². The maximum atomic E-state index is 5.85. The van der Waals surface area contributed by atoms with Gasteiger partial charge in [-0.25, -0.2) is 0 Å². The Labute approximate surface area is 107 Å². The highest BCUT2D eigenvalue weighted by Crippen LogP contribution is 2.15. The van der Waals surface area contributed by atoms with E-state index in [-0.39, 0.29) is 0 Å². The summed E-state index contributed by atoms with van der Waals surface area (Å²) >= 11 is 5.80. The second-order valence-electron chi connectivity index (χ2n) is 4.51. The molecule has 0 radical (unpaired) electrons. The maximum Gasteiger partial charge on any atom is 0.119 e. The van der Waals surface area contributed by atoms with Crippen molar-refractivity contribution in [1.29, 1.82) is 0 Å². The summed E-state index contributed by atoms with van der Waals surface area (Å²) in [5.41, 5.74) is 5.85. The molecule has 1 fully saturated rings. The van der Waals surface area contributed by atoms with E-state index in [9.17, 15) is 0 Å². The van der Waals surface area contributed by atoms with E-state index < -0.39 is 0 Å². The van der Waals surface area contributed by atoms with Gasteiger partial charge in [0, 0.05) is 24.2 Å². The predicted molar refractivity (Wildman–Crippen MR) is 70.6 cm³/mol. The minimum absolute atomic E-state index is 0.368. The standard InChI is InChI=1S/C13H19ClN2O/c14-11-2-4-13(5-3-11)17-9-1-7-16-8-6-12(15)10-16/h2-5,12H,1,6-10,15H2/t12-/m1/s1. The fraction of sp³-hybridized carbons (Fsp3) is 0.538. The molecule has 1 atom stereocenters. The third kappa shape index (κ3) is 4.19. The lowest BCUT2D eigenvalue weighted by molar-refractivity contribution is 0.262. The predicted octanol–water partition coefficient (Wildman–Crippen LogP) is 2.14. The Morgan fingerprint density at radius 1 is 1.35 bits per heavy atom. The summed E-state index contributed by atoms with van der Waals surface area (Å²) in [5.74, 6) is 0.882. The Morgan fingerprint density at radius 2 is 2.12 bits per heavy atom. The molecule has 94 valence electrons. The van der Waals surface area contributed by atoms with Crippen LogP contribution in [0, 0.1) is 0 Å². The molecule has 1 aliphatic heterocycles. The molecule has 2 N–H and O–H groups in total. The zero-order valence-corrected chi connectivity index (χ0v) is 10.7. The zero-order valence-electron chi connectivity index (χ0n) is 9.94. The third-order valence-electron chi connectivity index (χ3n) is 3.01. The highest BCUT2D eigenvalue weighted by atomic mass is 35.5. The van der Waals surface area contributed by atoms with Crippen LogP contribution in [0.5, 0.6) is 5.75 Å². The van der Waals surface area contributed by atoms with Gasteiger partial charge in [0.2, 0.25) is 0 Å². The summed E-state index contributed by atoms with van der Waals surface area (Å²) in [6.07, 6.45) is 2.16. The highest BCUT2D eigenvalue weighted by molar-refractivity contribution is 6.30. The Morgan fingerprint density at radius 3 is 2.76 bits per heavy atom. The molecule has 1 heterocycles. The van der Waals surface area contributed by atoms with E-state index >= 15 is 0 Å². The first-order valence-corrected chi connectivity index (χ1v) is 6.48. The Bertz CT molecular complexity index is 342. The first-order chi connectivity index (χ1) is 8.24. The van der Waals surface area contributed by atoms with E-state index in [1.54, 1.807) is 0 Å². The van der Waals surface area contributed by atoms with Gasteiger partial charge in [-0.2, -0.15) is 0 Å². The number of benzene rings is 1. The van der Waals surface area contributed by atoms with Gasteiger partial charge in [-0.05, 0) is 43.7 Å². The average Bonchev–Trinajstić information content (AvgIpc) is 2.73. The number of nitrogens with two attached hydrogens (primary N) is 1. The van der Waals surface area contributed by atoms with Crippen LogP contribution >= 0.6 is 11.6 Å². The van der Waals surface area contributed by atoms with Crippen molar-refractivity contribution in [1.82, 2.24) is 4.90 Å². The van der Waals surface area contributed by atoms with Crippen LogP contribution in [0.15, 0.2) is 24.3 Å². The van der Waals surface area contributed by atoms with Crippen LogP contribution < -0.4 is 10.5 Å². The minimum Gasteiger partial charge on any atom is -0.494 e. The van der Waals surface area contributed by atoms with Crippen molar-refractivity contribution in [3.05, 3.63) is 29.3 Å². The van der Waals surface area contributed by atoms with Crippen molar-refractivity contribution >= 4 is 11.6 Å². The lowest BCUT2D eigenvalue weighted by Crippen LogP contribution is -2.28. The molecule has 0 saturated carbocycles. The number of nitrogens with zero attached hydrogens (tertiary/aromatic N) is 1. The lowest BCUT2D eigenvalue weighted by Gasteiger charge is -2.15. The van der Waals surface area contributed by atoms with Crippen molar-refractivity contribution < 1.29 is 4.74 Å². The molecule has 0 aliphatic carbocycles. The van der Waals surface area contributed by atoms with Crippen LogP contribution in [0.3, 0.4) is 0 Å². The van der Waals surface area contributed by atoms with Gasteiger partial charge in [0.05, 0.1) is 6.61 Å². The van der Waals surface area contributed by atoms with Gasteiger partial charge in [0.25, 0.3) is 0 Å². The monoisotopic (exact) mass is 254 g/mol. The number of hydrogen-bond donors (Lipinski definition) is 1. The molecular weight excluding hydrogens is 236 g/mol. The Kier molecular flexibility index (Phi) is 4.66. The maximum absolute atomic E-state index is 5.85. The van der Waals surface area contributed by atoms with Crippen molar-refractivity contribution in [2.24, 2.45) is 5.73 Å². The summed E-state index contributed by atoms with van der Waals surface area (Å²) in [5, 5.41) is 0.739. The summed E-state index contributed by atoms with van der Waals surface area (Å²) < 4.78 is 5.63. The van der Waals surface area contributed by atoms with Crippen LogP contribution in [0.25, 0.3) is 0 Å². The van der Waals surface area contributed by atoms with Crippen molar-refractivity contribution in [2.45, 2.75) is 18.9 Å². The zero-order chi connectivity index (χ0) is 12.1. The SMILES string of the molecule is N[C@@H]1CCN(CCCOc2ccc(Cl)cc2)C1. The Hall–Kier alpha value is -0.770. The molecule has 0 bridgehead atoms. The number of halogens is 1. The smallest absolute Gasteiger partial charge is 0.119 e. The highest BCUT2D eigenvalue weighted by Gasteiger charge is 2.17. The van der Waals surface area contributed by atoms with Crippen LogP contribution in [0.4, 0.5) is 0 Å². The third-order valence-corrected chi connectivity index (χ3v) is 3.26. The van der Waals surface area contributed by atoms with Crippen LogP contribution in [0.2, 0.25) is 5.02 Å². The Balaban J connectivity index is 1.61. The van der Waals surface area contributed by atoms with Crippen molar-refractivity contribution in [3.63, 3.8) is 0 Å². The first-order valence-electron chi connectivity index (χ1n) is 6.10. The molecule has 1 aliphatic rings. The van der Waals surface area contributed by atoms with E-state index in [1.165, 1.54) is 0 Å². The van der Waals surface area contributed by atoms with Crippen LogP contribution in [0.1, 0.15) is 12.8 Å². The van der Waals surface area contributed by atoms with Gasteiger partial charge in [0.15, 0.2) is 0 Å².